The predicted octanol–water partition coefficient (Wildman–Crippen LogP) is 2.32. The fourth-order valence-corrected chi connectivity index (χ4v) is 2.77. The van der Waals surface area contributed by atoms with Gasteiger partial charge in [0.25, 0.3) is 5.91 Å². The van der Waals surface area contributed by atoms with Crippen molar-refractivity contribution in [3.05, 3.63) is 47.2 Å². The van der Waals surface area contributed by atoms with E-state index in [2.05, 4.69) is 15.3 Å². The molecule has 2 aromatic heterocycles. The van der Waals surface area contributed by atoms with E-state index in [1.54, 1.807) is 30.5 Å². The lowest BCUT2D eigenvalue weighted by Crippen LogP contribution is -2.26. The lowest BCUT2D eigenvalue weighted by atomic mass is 10.2. The molecule has 118 valence electrons. The number of nitrogens with zero attached hydrogens (tertiary/aromatic N) is 5. The Hall–Kier alpha value is -2.74. The summed E-state index contributed by atoms with van der Waals surface area (Å²) >= 11 is 1.30. The van der Waals surface area contributed by atoms with Crippen LogP contribution < -0.4 is 9.64 Å². The number of benzene rings is 1. The maximum absolute atomic E-state index is 12.6. The van der Waals surface area contributed by atoms with Crippen LogP contribution in [-0.2, 0) is 0 Å². The summed E-state index contributed by atoms with van der Waals surface area (Å²) in [4.78, 5) is 14.1. The average molecular weight is 329 g/mol. The highest BCUT2D eigenvalue weighted by molar-refractivity contribution is 7.13. The first-order valence-corrected chi connectivity index (χ1v) is 7.73. The van der Waals surface area contributed by atoms with Gasteiger partial charge < -0.3 is 4.74 Å². The van der Waals surface area contributed by atoms with Crippen molar-refractivity contribution in [2.24, 2.45) is 0 Å². The number of methoxy groups -OCH3 is 1. The van der Waals surface area contributed by atoms with Crippen molar-refractivity contribution in [3.63, 3.8) is 0 Å². The number of carbonyl (C=O) groups is 1. The second-order valence-corrected chi connectivity index (χ2v) is 5.62. The van der Waals surface area contributed by atoms with Gasteiger partial charge in [-0.1, -0.05) is 23.5 Å². The van der Waals surface area contributed by atoms with Gasteiger partial charge >= 0.3 is 0 Å². The van der Waals surface area contributed by atoms with E-state index < -0.39 is 0 Å². The lowest BCUT2D eigenvalue weighted by molar-refractivity contribution is 0.0992. The molecule has 0 atom stereocenters. The molecule has 0 spiro atoms. The van der Waals surface area contributed by atoms with E-state index in [-0.39, 0.29) is 5.91 Å². The number of ether oxygens (including phenoxy) is 1. The Balaban J connectivity index is 1.98. The van der Waals surface area contributed by atoms with Gasteiger partial charge in [0.1, 0.15) is 16.9 Å². The quantitative estimate of drug-likeness (QED) is 0.734. The van der Waals surface area contributed by atoms with Crippen LogP contribution in [0.1, 0.15) is 16.1 Å². The van der Waals surface area contributed by atoms with E-state index in [0.717, 1.165) is 11.4 Å². The van der Waals surface area contributed by atoms with Crippen LogP contribution in [0.2, 0.25) is 0 Å². The molecule has 2 heterocycles. The fraction of sp³-hybridized carbons (Fsp3) is 0.200. The number of amides is 1. The van der Waals surface area contributed by atoms with Gasteiger partial charge in [0.2, 0.25) is 5.13 Å². The first-order chi connectivity index (χ1) is 11.1. The first kappa shape index (κ1) is 15.2. The van der Waals surface area contributed by atoms with Crippen LogP contribution in [-0.4, -0.2) is 40.0 Å². The Morgan fingerprint density at radius 1 is 1.35 bits per heavy atom. The van der Waals surface area contributed by atoms with Crippen molar-refractivity contribution in [2.45, 2.75) is 6.92 Å². The van der Waals surface area contributed by atoms with Crippen molar-refractivity contribution in [1.29, 1.82) is 0 Å². The summed E-state index contributed by atoms with van der Waals surface area (Å²) in [5, 5.41) is 12.5. The number of hydrogen-bond acceptors (Lipinski definition) is 6. The molecule has 0 N–H and O–H groups in total. The molecule has 3 aromatic rings. The molecule has 0 unspecified atom stereocenters. The van der Waals surface area contributed by atoms with Gasteiger partial charge in [-0.25, -0.2) is 4.68 Å². The van der Waals surface area contributed by atoms with E-state index in [4.69, 9.17) is 4.74 Å². The van der Waals surface area contributed by atoms with Crippen LogP contribution in [0.4, 0.5) is 5.13 Å². The fourth-order valence-electron chi connectivity index (χ4n) is 2.25. The topological polar surface area (TPSA) is 73.1 Å². The monoisotopic (exact) mass is 329 g/mol. The summed E-state index contributed by atoms with van der Waals surface area (Å²) < 4.78 is 7.05. The highest BCUT2D eigenvalue weighted by Crippen LogP contribution is 2.25. The molecule has 0 aliphatic heterocycles. The number of rotatable bonds is 4. The van der Waals surface area contributed by atoms with E-state index in [1.807, 2.05) is 31.2 Å². The molecule has 1 aromatic carbocycles. The molecular formula is C15H15N5O2S. The second-order valence-electron chi connectivity index (χ2n) is 4.81. The standard InChI is InChI=1S/C15H15N5O2S/c1-10-11(14(21)19(2)15-18-16-9-23-15)8-17-20(10)12-6-4-5-7-13(12)22-3/h4-9H,1-3H3. The number of anilines is 1. The molecule has 23 heavy (non-hydrogen) atoms. The predicted molar refractivity (Wildman–Crippen MR) is 87.5 cm³/mol. The summed E-state index contributed by atoms with van der Waals surface area (Å²) in [7, 11) is 3.27. The maximum Gasteiger partial charge on any atom is 0.263 e. The highest BCUT2D eigenvalue weighted by atomic mass is 32.1. The SMILES string of the molecule is COc1ccccc1-n1ncc(C(=O)N(C)c2nncs2)c1C. The van der Waals surface area contributed by atoms with Gasteiger partial charge in [-0.05, 0) is 19.1 Å². The van der Waals surface area contributed by atoms with Gasteiger partial charge in [-0.2, -0.15) is 5.10 Å². The Morgan fingerprint density at radius 3 is 2.83 bits per heavy atom. The molecule has 0 aliphatic rings. The molecular weight excluding hydrogens is 314 g/mol. The highest BCUT2D eigenvalue weighted by Gasteiger charge is 2.22. The van der Waals surface area contributed by atoms with Gasteiger partial charge in [0, 0.05) is 7.05 Å². The zero-order valence-corrected chi connectivity index (χ0v) is 13.7. The smallest absolute Gasteiger partial charge is 0.263 e. The van der Waals surface area contributed by atoms with Gasteiger partial charge in [-0.15, -0.1) is 10.2 Å². The van der Waals surface area contributed by atoms with E-state index in [0.29, 0.717) is 16.4 Å². The molecule has 0 radical (unpaired) electrons. The normalized spacial score (nSPS) is 10.6. The van der Waals surface area contributed by atoms with Crippen LogP contribution in [0.3, 0.4) is 0 Å². The van der Waals surface area contributed by atoms with Crippen molar-refractivity contribution >= 4 is 22.4 Å². The van der Waals surface area contributed by atoms with Crippen LogP contribution in [0.5, 0.6) is 5.75 Å². The van der Waals surface area contributed by atoms with Gasteiger partial charge in [0.05, 0.1) is 24.6 Å². The Labute approximate surface area is 137 Å². The van der Waals surface area contributed by atoms with Crippen molar-refractivity contribution < 1.29 is 9.53 Å². The molecule has 7 nitrogen and oxygen atoms in total. The van der Waals surface area contributed by atoms with E-state index in [1.165, 1.54) is 16.2 Å². The van der Waals surface area contributed by atoms with Gasteiger partial charge in [-0.3, -0.25) is 9.69 Å². The largest absolute Gasteiger partial charge is 0.494 e. The zero-order chi connectivity index (χ0) is 16.4. The molecule has 0 saturated heterocycles. The third kappa shape index (κ3) is 2.68. The first-order valence-electron chi connectivity index (χ1n) is 6.85. The third-order valence-corrected chi connectivity index (χ3v) is 4.26. The third-order valence-electron chi connectivity index (χ3n) is 3.49. The molecule has 8 heteroatoms. The molecule has 1 amide bonds. The molecule has 0 aliphatic carbocycles. The summed E-state index contributed by atoms with van der Waals surface area (Å²) in [6.07, 6.45) is 1.56. The number of hydrogen-bond donors (Lipinski definition) is 0. The minimum absolute atomic E-state index is 0.180. The minimum atomic E-state index is -0.180. The average Bonchev–Trinajstić information content (AvgIpc) is 3.23. The number of aromatic nitrogens is 4. The van der Waals surface area contributed by atoms with Crippen LogP contribution in [0.25, 0.3) is 5.69 Å². The Kier molecular flexibility index (Phi) is 4.07. The minimum Gasteiger partial charge on any atom is -0.494 e. The number of carbonyl (C=O) groups excluding carboxylic acids is 1. The summed E-state index contributed by atoms with van der Waals surface area (Å²) in [5.41, 5.74) is 3.61. The Morgan fingerprint density at radius 2 is 2.13 bits per heavy atom. The molecule has 0 fully saturated rings. The van der Waals surface area contributed by atoms with E-state index in [9.17, 15) is 4.79 Å². The van der Waals surface area contributed by atoms with Crippen molar-refractivity contribution in [1.82, 2.24) is 20.0 Å². The van der Waals surface area contributed by atoms with Crippen LogP contribution >= 0.6 is 11.3 Å². The summed E-state index contributed by atoms with van der Waals surface area (Å²) in [6.45, 7) is 1.85. The van der Waals surface area contributed by atoms with E-state index >= 15 is 0 Å². The maximum atomic E-state index is 12.6. The zero-order valence-electron chi connectivity index (χ0n) is 12.9. The summed E-state index contributed by atoms with van der Waals surface area (Å²) in [5.74, 6) is 0.510. The summed E-state index contributed by atoms with van der Waals surface area (Å²) in [6, 6.07) is 7.52. The molecule has 3 rings (SSSR count). The second kappa shape index (κ2) is 6.17. The number of para-hydroxylation sites is 2. The van der Waals surface area contributed by atoms with Crippen molar-refractivity contribution in [3.8, 4) is 11.4 Å². The Bertz CT molecular complexity index is 828. The van der Waals surface area contributed by atoms with Crippen molar-refractivity contribution in [2.75, 3.05) is 19.1 Å². The molecule has 0 saturated carbocycles. The molecule has 0 bridgehead atoms. The van der Waals surface area contributed by atoms with Gasteiger partial charge in [0.15, 0.2) is 0 Å². The van der Waals surface area contributed by atoms with Crippen LogP contribution in [0, 0.1) is 6.92 Å². The lowest BCUT2D eigenvalue weighted by Gasteiger charge is -2.13. The van der Waals surface area contributed by atoms with Crippen LogP contribution in [0.15, 0.2) is 36.0 Å².